The fourth-order valence-electron chi connectivity index (χ4n) is 2.91. The zero-order valence-corrected chi connectivity index (χ0v) is 17.6. The van der Waals surface area contributed by atoms with Crippen LogP contribution in [0.2, 0.25) is 0 Å². The van der Waals surface area contributed by atoms with Gasteiger partial charge in [-0.15, -0.1) is 0 Å². The number of ether oxygens (including phenoxy) is 2. The number of carbonyl (C=O) groups excluding carboxylic acids is 2. The third kappa shape index (κ3) is 6.91. The molecular weight excluding hydrogens is 368 g/mol. The zero-order valence-electron chi connectivity index (χ0n) is 17.6. The molecule has 2 aromatic carbocycles. The monoisotopic (exact) mass is 398 g/mol. The zero-order chi connectivity index (χ0) is 21.2. The van der Waals surface area contributed by atoms with Gasteiger partial charge >= 0.3 is 0 Å². The number of hydrogen-bond donors (Lipinski definition) is 2. The van der Waals surface area contributed by atoms with Crippen molar-refractivity contribution < 1.29 is 19.1 Å². The minimum Gasteiger partial charge on any atom is -0.493 e. The summed E-state index contributed by atoms with van der Waals surface area (Å²) in [6.07, 6.45) is 1.05. The molecule has 2 N–H and O–H groups in total. The van der Waals surface area contributed by atoms with Crippen LogP contribution < -0.4 is 15.4 Å². The van der Waals surface area contributed by atoms with Gasteiger partial charge in [-0.1, -0.05) is 24.3 Å². The predicted octanol–water partition coefficient (Wildman–Crippen LogP) is 2.79. The standard InChI is InChI=1S/C23H30N2O4/c1-16-5-7-18(9-11-28-15-23(27)25-4)13-20(16)21-14-19(8-6-17(21)2)29-12-10-22(26)24-3/h5-8,13-14H,9-12,15H2,1-4H3,(H,24,26)(H,25,27). The third-order valence-corrected chi connectivity index (χ3v) is 4.72. The molecule has 0 spiro atoms. The summed E-state index contributed by atoms with van der Waals surface area (Å²) < 4.78 is 11.2. The van der Waals surface area contributed by atoms with E-state index in [1.165, 1.54) is 5.56 Å². The number of nitrogens with one attached hydrogen (secondary N) is 2. The maximum Gasteiger partial charge on any atom is 0.245 e. The first-order valence-corrected chi connectivity index (χ1v) is 9.77. The number of hydrogen-bond acceptors (Lipinski definition) is 4. The SMILES string of the molecule is CNC(=O)CCOc1ccc(C)c(-c2cc(CCOCC(=O)NC)ccc2C)c1. The van der Waals surface area contributed by atoms with E-state index in [0.717, 1.165) is 34.4 Å². The Morgan fingerprint density at radius 2 is 1.52 bits per heavy atom. The van der Waals surface area contributed by atoms with Crippen LogP contribution in [0, 0.1) is 13.8 Å². The highest BCUT2D eigenvalue weighted by Crippen LogP contribution is 2.31. The van der Waals surface area contributed by atoms with Gasteiger partial charge in [0.25, 0.3) is 0 Å². The number of aryl methyl sites for hydroxylation is 2. The van der Waals surface area contributed by atoms with Crippen molar-refractivity contribution in [2.75, 3.05) is 33.9 Å². The first-order valence-electron chi connectivity index (χ1n) is 9.77. The summed E-state index contributed by atoms with van der Waals surface area (Å²) in [5.74, 6) is 0.575. The minimum atomic E-state index is -0.126. The van der Waals surface area contributed by atoms with Crippen LogP contribution in [-0.2, 0) is 20.7 Å². The largest absolute Gasteiger partial charge is 0.493 e. The second kappa shape index (κ2) is 11.2. The number of likely N-dealkylation sites (N-methyl/N-ethyl adjacent to an activating group) is 1. The van der Waals surface area contributed by atoms with Crippen molar-refractivity contribution in [1.82, 2.24) is 10.6 Å². The topological polar surface area (TPSA) is 76.7 Å². The Morgan fingerprint density at radius 1 is 0.862 bits per heavy atom. The molecule has 0 aliphatic rings. The number of rotatable bonds is 10. The van der Waals surface area contributed by atoms with Gasteiger partial charge in [-0.3, -0.25) is 9.59 Å². The van der Waals surface area contributed by atoms with Gasteiger partial charge in [-0.2, -0.15) is 0 Å². The van der Waals surface area contributed by atoms with Crippen molar-refractivity contribution in [3.63, 3.8) is 0 Å². The third-order valence-electron chi connectivity index (χ3n) is 4.72. The summed E-state index contributed by atoms with van der Waals surface area (Å²) in [4.78, 5) is 22.6. The molecule has 0 radical (unpaired) electrons. The van der Waals surface area contributed by atoms with E-state index >= 15 is 0 Å². The van der Waals surface area contributed by atoms with Crippen LogP contribution in [0.15, 0.2) is 36.4 Å². The Labute approximate surface area is 172 Å². The highest BCUT2D eigenvalue weighted by atomic mass is 16.5. The highest BCUT2D eigenvalue weighted by Gasteiger charge is 2.09. The normalized spacial score (nSPS) is 10.5. The Bertz CT molecular complexity index is 849. The molecular formula is C23H30N2O4. The van der Waals surface area contributed by atoms with E-state index in [0.29, 0.717) is 19.6 Å². The average molecular weight is 399 g/mol. The Balaban J connectivity index is 2.10. The van der Waals surface area contributed by atoms with E-state index in [9.17, 15) is 9.59 Å². The summed E-state index contributed by atoms with van der Waals surface area (Å²) in [7, 11) is 3.21. The highest BCUT2D eigenvalue weighted by molar-refractivity contribution is 5.77. The van der Waals surface area contributed by atoms with Crippen molar-refractivity contribution in [2.45, 2.75) is 26.7 Å². The van der Waals surface area contributed by atoms with Crippen LogP contribution in [0.25, 0.3) is 11.1 Å². The predicted molar refractivity (Wildman–Crippen MR) is 114 cm³/mol. The molecule has 2 rings (SSSR count). The second-order valence-corrected chi connectivity index (χ2v) is 6.87. The van der Waals surface area contributed by atoms with Crippen molar-refractivity contribution in [1.29, 1.82) is 0 Å². The summed E-state index contributed by atoms with van der Waals surface area (Å²) in [5, 5.41) is 5.13. The first-order chi connectivity index (χ1) is 13.9. The number of carbonyl (C=O) groups is 2. The summed E-state index contributed by atoms with van der Waals surface area (Å²) in [5.41, 5.74) is 5.72. The lowest BCUT2D eigenvalue weighted by molar-refractivity contribution is -0.125. The lowest BCUT2D eigenvalue weighted by Gasteiger charge is -2.14. The van der Waals surface area contributed by atoms with E-state index in [1.54, 1.807) is 14.1 Å². The summed E-state index contributed by atoms with van der Waals surface area (Å²) in [6.45, 7) is 5.05. The molecule has 0 heterocycles. The lowest BCUT2D eigenvalue weighted by atomic mass is 9.94. The Kier molecular flexibility index (Phi) is 8.68. The molecule has 0 bridgehead atoms. The lowest BCUT2D eigenvalue weighted by Crippen LogP contribution is -2.23. The first kappa shape index (κ1) is 22.4. The molecule has 0 atom stereocenters. The van der Waals surface area contributed by atoms with Crippen LogP contribution >= 0.6 is 0 Å². The van der Waals surface area contributed by atoms with Crippen molar-refractivity contribution >= 4 is 11.8 Å². The summed E-state index contributed by atoms with van der Waals surface area (Å²) in [6, 6.07) is 12.3. The molecule has 156 valence electrons. The number of benzene rings is 2. The number of amides is 2. The van der Waals surface area contributed by atoms with Gasteiger partial charge in [0.1, 0.15) is 12.4 Å². The molecule has 0 saturated heterocycles. The van der Waals surface area contributed by atoms with Gasteiger partial charge in [0.05, 0.1) is 19.6 Å². The van der Waals surface area contributed by atoms with Crippen LogP contribution in [0.4, 0.5) is 0 Å². The molecule has 0 aliphatic heterocycles. The smallest absolute Gasteiger partial charge is 0.245 e. The van der Waals surface area contributed by atoms with Gasteiger partial charge in [0.15, 0.2) is 0 Å². The van der Waals surface area contributed by atoms with Gasteiger partial charge in [-0.25, -0.2) is 0 Å². The van der Waals surface area contributed by atoms with Crippen LogP contribution in [0.5, 0.6) is 5.75 Å². The van der Waals surface area contributed by atoms with Crippen molar-refractivity contribution in [3.05, 3.63) is 53.1 Å². The minimum absolute atomic E-state index is 0.0421. The Morgan fingerprint density at radius 3 is 2.21 bits per heavy atom. The van der Waals surface area contributed by atoms with Crippen molar-refractivity contribution in [3.8, 4) is 16.9 Å². The molecule has 29 heavy (non-hydrogen) atoms. The van der Waals surface area contributed by atoms with Crippen LogP contribution in [0.1, 0.15) is 23.1 Å². The molecule has 0 aliphatic carbocycles. The maximum atomic E-state index is 11.4. The van der Waals surface area contributed by atoms with Gasteiger partial charge in [0.2, 0.25) is 11.8 Å². The van der Waals surface area contributed by atoms with E-state index < -0.39 is 0 Å². The fraction of sp³-hybridized carbons (Fsp3) is 0.391. The molecule has 6 heteroatoms. The van der Waals surface area contributed by atoms with E-state index in [-0.39, 0.29) is 18.4 Å². The van der Waals surface area contributed by atoms with E-state index in [1.807, 2.05) is 18.2 Å². The molecule has 0 fully saturated rings. The summed E-state index contributed by atoms with van der Waals surface area (Å²) >= 11 is 0. The van der Waals surface area contributed by atoms with Crippen LogP contribution in [0.3, 0.4) is 0 Å². The quantitative estimate of drug-likeness (QED) is 0.604. The molecule has 2 amide bonds. The average Bonchev–Trinajstić information content (AvgIpc) is 2.73. The molecule has 2 aromatic rings. The fourth-order valence-corrected chi connectivity index (χ4v) is 2.91. The van der Waals surface area contributed by atoms with Crippen LogP contribution in [-0.4, -0.2) is 45.7 Å². The Hall–Kier alpha value is -2.86. The molecule has 0 saturated carbocycles. The van der Waals surface area contributed by atoms with Crippen molar-refractivity contribution in [2.24, 2.45) is 0 Å². The molecule has 6 nitrogen and oxygen atoms in total. The van der Waals surface area contributed by atoms with E-state index in [4.69, 9.17) is 9.47 Å². The van der Waals surface area contributed by atoms with Gasteiger partial charge in [0, 0.05) is 14.1 Å². The molecule has 0 aromatic heterocycles. The second-order valence-electron chi connectivity index (χ2n) is 6.87. The molecule has 0 unspecified atom stereocenters. The van der Waals surface area contributed by atoms with Gasteiger partial charge in [-0.05, 0) is 60.2 Å². The van der Waals surface area contributed by atoms with Gasteiger partial charge < -0.3 is 20.1 Å². The maximum absolute atomic E-state index is 11.4. The van der Waals surface area contributed by atoms with E-state index in [2.05, 4.69) is 42.7 Å².